The van der Waals surface area contributed by atoms with Gasteiger partial charge in [-0.25, -0.2) is 0 Å². The summed E-state index contributed by atoms with van der Waals surface area (Å²) in [6, 6.07) is 9.72. The quantitative estimate of drug-likeness (QED) is 0.743. The van der Waals surface area contributed by atoms with Gasteiger partial charge in [0, 0.05) is 26.6 Å². The summed E-state index contributed by atoms with van der Waals surface area (Å²) >= 11 is 0. The van der Waals surface area contributed by atoms with Gasteiger partial charge < -0.3 is 15.0 Å². The average Bonchev–Trinajstić information content (AvgIpc) is 2.41. The number of ether oxygens (including phenoxy) is 1. The zero-order chi connectivity index (χ0) is 13.2. The first-order chi connectivity index (χ1) is 8.74. The van der Waals surface area contributed by atoms with Crippen LogP contribution in [0.2, 0.25) is 0 Å². The molecule has 4 nitrogen and oxygen atoms in total. The molecular weight excluding hydrogens is 264 g/mol. The lowest BCUT2D eigenvalue weighted by atomic mass is 10.3. The molecule has 0 aliphatic rings. The minimum atomic E-state index is 0. The summed E-state index contributed by atoms with van der Waals surface area (Å²) in [4.78, 5) is 13.4. The van der Waals surface area contributed by atoms with E-state index in [2.05, 4.69) is 5.32 Å². The highest BCUT2D eigenvalue weighted by Crippen LogP contribution is 2.08. The van der Waals surface area contributed by atoms with E-state index in [0.717, 1.165) is 25.3 Å². The Hall–Kier alpha value is -1.26. The molecule has 0 saturated heterocycles. The first-order valence-corrected chi connectivity index (χ1v) is 6.30. The van der Waals surface area contributed by atoms with Gasteiger partial charge in [-0.3, -0.25) is 4.79 Å². The molecule has 0 aliphatic heterocycles. The molecule has 5 heteroatoms. The predicted octanol–water partition coefficient (Wildman–Crippen LogP) is 1.95. The third-order valence-corrected chi connectivity index (χ3v) is 2.66. The van der Waals surface area contributed by atoms with Crippen molar-refractivity contribution in [2.45, 2.75) is 12.8 Å². The summed E-state index contributed by atoms with van der Waals surface area (Å²) in [6.45, 7) is 2.09. The second kappa shape index (κ2) is 10.6. The lowest BCUT2D eigenvalue weighted by Crippen LogP contribution is -2.30. The van der Waals surface area contributed by atoms with Crippen LogP contribution in [0.1, 0.15) is 12.8 Å². The largest absolute Gasteiger partial charge is 0.494 e. The number of nitrogens with one attached hydrogen (secondary N) is 1. The Bertz CT molecular complexity index is 347. The minimum absolute atomic E-state index is 0. The zero-order valence-corrected chi connectivity index (χ0v) is 12.4. The number of hydrogen-bond acceptors (Lipinski definition) is 3. The molecule has 1 amide bonds. The Labute approximate surface area is 121 Å². The summed E-state index contributed by atoms with van der Waals surface area (Å²) < 4.78 is 5.57. The topological polar surface area (TPSA) is 41.6 Å². The fraction of sp³-hybridized carbons (Fsp3) is 0.500. The van der Waals surface area contributed by atoms with Gasteiger partial charge in [-0.1, -0.05) is 18.2 Å². The molecule has 0 saturated carbocycles. The number of rotatable bonds is 8. The number of hydrogen-bond donors (Lipinski definition) is 1. The van der Waals surface area contributed by atoms with Crippen LogP contribution in [0.4, 0.5) is 0 Å². The van der Waals surface area contributed by atoms with Crippen LogP contribution in [0.25, 0.3) is 0 Å². The standard InChI is InChI=1S/C14H22N2O2.ClH/c1-15-10-9-14(17)16(2)11-6-12-18-13-7-4-3-5-8-13;/h3-5,7-8,15H,6,9-12H2,1-2H3;1H. The van der Waals surface area contributed by atoms with Gasteiger partial charge >= 0.3 is 0 Å². The molecule has 0 spiro atoms. The number of carbonyl (C=O) groups is 1. The molecule has 1 aromatic rings. The van der Waals surface area contributed by atoms with E-state index >= 15 is 0 Å². The maximum Gasteiger partial charge on any atom is 0.223 e. The Morgan fingerprint density at radius 1 is 1.32 bits per heavy atom. The molecule has 0 unspecified atom stereocenters. The molecule has 0 heterocycles. The Morgan fingerprint density at radius 2 is 2.00 bits per heavy atom. The second-order valence-corrected chi connectivity index (χ2v) is 4.18. The third-order valence-electron chi connectivity index (χ3n) is 2.66. The first kappa shape index (κ1) is 17.7. The summed E-state index contributed by atoms with van der Waals surface area (Å²) in [6.07, 6.45) is 1.39. The van der Waals surface area contributed by atoms with E-state index < -0.39 is 0 Å². The highest BCUT2D eigenvalue weighted by Gasteiger charge is 2.06. The van der Waals surface area contributed by atoms with Crippen LogP contribution in [0.3, 0.4) is 0 Å². The van der Waals surface area contributed by atoms with Crippen LogP contribution in [0, 0.1) is 0 Å². The lowest BCUT2D eigenvalue weighted by Gasteiger charge is -2.17. The van der Waals surface area contributed by atoms with Crippen molar-refractivity contribution < 1.29 is 9.53 Å². The number of nitrogens with zero attached hydrogens (tertiary/aromatic N) is 1. The molecule has 1 N–H and O–H groups in total. The van der Waals surface area contributed by atoms with Gasteiger partial charge in [-0.15, -0.1) is 12.4 Å². The molecule has 1 rings (SSSR count). The Morgan fingerprint density at radius 3 is 2.63 bits per heavy atom. The van der Waals surface area contributed by atoms with E-state index in [-0.39, 0.29) is 18.3 Å². The van der Waals surface area contributed by atoms with Crippen LogP contribution in [-0.2, 0) is 4.79 Å². The minimum Gasteiger partial charge on any atom is -0.494 e. The van der Waals surface area contributed by atoms with Crippen molar-refractivity contribution in [1.82, 2.24) is 10.2 Å². The van der Waals surface area contributed by atoms with Crippen molar-refractivity contribution in [3.8, 4) is 5.75 Å². The monoisotopic (exact) mass is 286 g/mol. The van der Waals surface area contributed by atoms with Gasteiger partial charge in [0.2, 0.25) is 5.91 Å². The number of benzene rings is 1. The van der Waals surface area contributed by atoms with E-state index in [0.29, 0.717) is 13.0 Å². The summed E-state index contributed by atoms with van der Waals surface area (Å²) in [5, 5.41) is 2.97. The molecule has 19 heavy (non-hydrogen) atoms. The molecular formula is C14H23ClN2O2. The molecule has 0 aromatic heterocycles. The van der Waals surface area contributed by atoms with Gasteiger partial charge in [-0.2, -0.15) is 0 Å². The van der Waals surface area contributed by atoms with Gasteiger partial charge in [0.05, 0.1) is 6.61 Å². The highest BCUT2D eigenvalue weighted by atomic mass is 35.5. The molecule has 0 bridgehead atoms. The van der Waals surface area contributed by atoms with E-state index in [4.69, 9.17) is 4.74 Å². The van der Waals surface area contributed by atoms with Crippen LogP contribution >= 0.6 is 12.4 Å². The highest BCUT2D eigenvalue weighted by molar-refractivity contribution is 5.85. The molecule has 1 aromatic carbocycles. The number of para-hydroxylation sites is 1. The van der Waals surface area contributed by atoms with Crippen molar-refractivity contribution in [1.29, 1.82) is 0 Å². The number of carbonyl (C=O) groups excluding carboxylic acids is 1. The van der Waals surface area contributed by atoms with Crippen LogP contribution in [-0.4, -0.2) is 44.6 Å². The fourth-order valence-electron chi connectivity index (χ4n) is 1.56. The van der Waals surface area contributed by atoms with Gasteiger partial charge in [0.25, 0.3) is 0 Å². The van der Waals surface area contributed by atoms with E-state index in [1.54, 1.807) is 4.90 Å². The van der Waals surface area contributed by atoms with Crippen molar-refractivity contribution in [3.63, 3.8) is 0 Å². The second-order valence-electron chi connectivity index (χ2n) is 4.18. The van der Waals surface area contributed by atoms with Crippen molar-refractivity contribution in [3.05, 3.63) is 30.3 Å². The number of amides is 1. The molecule has 0 aliphatic carbocycles. The fourth-order valence-corrected chi connectivity index (χ4v) is 1.56. The maximum absolute atomic E-state index is 11.6. The lowest BCUT2D eigenvalue weighted by molar-refractivity contribution is -0.129. The third kappa shape index (κ3) is 7.70. The summed E-state index contributed by atoms with van der Waals surface area (Å²) in [7, 11) is 3.68. The first-order valence-electron chi connectivity index (χ1n) is 6.30. The van der Waals surface area contributed by atoms with Crippen LogP contribution < -0.4 is 10.1 Å². The summed E-state index contributed by atoms with van der Waals surface area (Å²) in [5.41, 5.74) is 0. The van der Waals surface area contributed by atoms with Gasteiger partial charge in [0.15, 0.2) is 0 Å². The van der Waals surface area contributed by atoms with Crippen molar-refractivity contribution in [2.75, 3.05) is 33.8 Å². The van der Waals surface area contributed by atoms with Crippen molar-refractivity contribution >= 4 is 18.3 Å². The zero-order valence-electron chi connectivity index (χ0n) is 11.6. The molecule has 108 valence electrons. The van der Waals surface area contributed by atoms with Crippen LogP contribution in [0.15, 0.2) is 30.3 Å². The van der Waals surface area contributed by atoms with E-state index in [1.165, 1.54) is 0 Å². The maximum atomic E-state index is 11.6. The summed E-state index contributed by atoms with van der Waals surface area (Å²) in [5.74, 6) is 1.05. The molecule has 0 atom stereocenters. The van der Waals surface area contributed by atoms with Gasteiger partial charge in [0.1, 0.15) is 5.75 Å². The Kier molecular flexibility index (Phi) is 9.94. The smallest absolute Gasteiger partial charge is 0.223 e. The van der Waals surface area contributed by atoms with Crippen molar-refractivity contribution in [2.24, 2.45) is 0 Å². The normalized spacial score (nSPS) is 9.58. The van der Waals surface area contributed by atoms with Crippen LogP contribution in [0.5, 0.6) is 5.75 Å². The number of halogens is 1. The Balaban J connectivity index is 0.00000324. The average molecular weight is 287 g/mol. The van der Waals surface area contributed by atoms with Gasteiger partial charge in [-0.05, 0) is 25.6 Å². The molecule has 0 fully saturated rings. The van der Waals surface area contributed by atoms with E-state index in [9.17, 15) is 4.79 Å². The SMILES string of the molecule is CNCCC(=O)N(C)CCCOc1ccccc1.Cl. The molecule has 0 radical (unpaired) electrons. The predicted molar refractivity (Wildman–Crippen MR) is 80.0 cm³/mol. The van der Waals surface area contributed by atoms with E-state index in [1.807, 2.05) is 44.4 Å².